The van der Waals surface area contributed by atoms with Crippen LogP contribution in [0.4, 0.5) is 8.78 Å². The molecule has 1 unspecified atom stereocenters. The van der Waals surface area contributed by atoms with Gasteiger partial charge in [-0.2, -0.15) is 8.78 Å². The highest BCUT2D eigenvalue weighted by atomic mass is 35.5. The summed E-state index contributed by atoms with van der Waals surface area (Å²) < 4.78 is 38.1. The van der Waals surface area contributed by atoms with Crippen LogP contribution in [0.2, 0.25) is 5.02 Å². The van der Waals surface area contributed by atoms with Crippen LogP contribution in [0.3, 0.4) is 0 Å². The van der Waals surface area contributed by atoms with Crippen LogP contribution in [0.5, 0.6) is 5.75 Å². The fourth-order valence-electron chi connectivity index (χ4n) is 2.40. The zero-order valence-electron chi connectivity index (χ0n) is 12.0. The third-order valence-corrected chi connectivity index (χ3v) is 3.99. The van der Waals surface area contributed by atoms with Gasteiger partial charge in [-0.05, 0) is 37.8 Å². The summed E-state index contributed by atoms with van der Waals surface area (Å²) >= 11 is 5.97. The van der Waals surface area contributed by atoms with Gasteiger partial charge in [-0.1, -0.05) is 17.7 Å². The number of rotatable bonds is 5. The molecule has 0 saturated heterocycles. The fraction of sp³-hybridized carbons (Fsp3) is 0.533. The van der Waals surface area contributed by atoms with Crippen LogP contribution in [0, 0.1) is 0 Å². The second-order valence-corrected chi connectivity index (χ2v) is 5.63. The van der Waals surface area contributed by atoms with Gasteiger partial charge in [0.1, 0.15) is 5.75 Å². The lowest BCUT2D eigenvalue weighted by Gasteiger charge is -2.22. The minimum atomic E-state index is -3.80. The summed E-state index contributed by atoms with van der Waals surface area (Å²) in [6.45, 7) is 0. The van der Waals surface area contributed by atoms with E-state index in [-0.39, 0.29) is 16.9 Å². The topological polar surface area (TPSA) is 55.8 Å². The molecule has 1 aromatic carbocycles. The van der Waals surface area contributed by atoms with E-state index < -0.39 is 23.6 Å². The lowest BCUT2D eigenvalue weighted by Crippen LogP contribution is -2.38. The predicted octanol–water partition coefficient (Wildman–Crippen LogP) is 3.29. The first-order valence-corrected chi connectivity index (χ1v) is 7.34. The molecule has 0 aliphatic heterocycles. The van der Waals surface area contributed by atoms with Crippen molar-refractivity contribution < 1.29 is 28.2 Å². The van der Waals surface area contributed by atoms with E-state index in [4.69, 9.17) is 16.3 Å². The zero-order chi connectivity index (χ0) is 16.3. The van der Waals surface area contributed by atoms with Crippen molar-refractivity contribution in [1.29, 1.82) is 0 Å². The minimum absolute atomic E-state index is 0.0492. The Morgan fingerprint density at radius 1 is 1.41 bits per heavy atom. The molecule has 4 nitrogen and oxygen atoms in total. The fourth-order valence-corrected chi connectivity index (χ4v) is 2.57. The number of benzene rings is 1. The van der Waals surface area contributed by atoms with Gasteiger partial charge in [0.2, 0.25) is 6.10 Å². The molecular weight excluding hydrogens is 318 g/mol. The molecule has 22 heavy (non-hydrogen) atoms. The molecule has 122 valence electrons. The van der Waals surface area contributed by atoms with E-state index in [0.717, 1.165) is 44.9 Å². The molecule has 7 heteroatoms. The van der Waals surface area contributed by atoms with Gasteiger partial charge < -0.3 is 14.6 Å². The van der Waals surface area contributed by atoms with Crippen LogP contribution >= 0.6 is 11.6 Å². The molecule has 1 aromatic rings. The molecule has 0 spiro atoms. The maximum absolute atomic E-state index is 14.2. The first-order valence-electron chi connectivity index (χ1n) is 6.96. The Morgan fingerprint density at radius 2 is 2.05 bits per heavy atom. The van der Waals surface area contributed by atoms with E-state index in [2.05, 4.69) is 4.74 Å². The molecule has 1 saturated carbocycles. The van der Waals surface area contributed by atoms with E-state index in [1.165, 1.54) is 6.07 Å². The van der Waals surface area contributed by atoms with E-state index in [9.17, 15) is 18.7 Å². The van der Waals surface area contributed by atoms with Gasteiger partial charge in [0.15, 0.2) is 0 Å². The number of alkyl halides is 2. The lowest BCUT2D eigenvalue weighted by molar-refractivity contribution is -0.176. The largest absolute Gasteiger partial charge is 0.489 e. The van der Waals surface area contributed by atoms with Crippen molar-refractivity contribution in [2.75, 3.05) is 7.11 Å². The number of carbonyl (C=O) groups excluding carboxylic acids is 1. The number of hydrogen-bond acceptors (Lipinski definition) is 4. The molecule has 1 fully saturated rings. The SMILES string of the molecule is COC(=O)C(O)C(F)(F)c1ccc(Cl)c(OC2CCCC2)c1. The summed E-state index contributed by atoms with van der Waals surface area (Å²) in [6.07, 6.45) is 1.12. The number of halogens is 3. The van der Waals surface area contributed by atoms with E-state index in [1.54, 1.807) is 0 Å². The monoisotopic (exact) mass is 334 g/mol. The van der Waals surface area contributed by atoms with E-state index in [0.29, 0.717) is 0 Å². The van der Waals surface area contributed by atoms with Crippen LogP contribution in [0.15, 0.2) is 18.2 Å². The highest BCUT2D eigenvalue weighted by Crippen LogP contribution is 2.38. The van der Waals surface area contributed by atoms with E-state index >= 15 is 0 Å². The Balaban J connectivity index is 2.25. The summed E-state index contributed by atoms with van der Waals surface area (Å²) in [5, 5.41) is 9.65. The maximum atomic E-state index is 14.2. The van der Waals surface area contributed by atoms with Crippen LogP contribution in [0.25, 0.3) is 0 Å². The molecule has 0 aromatic heterocycles. The molecule has 1 N–H and O–H groups in total. The van der Waals surface area contributed by atoms with Gasteiger partial charge in [-0.3, -0.25) is 0 Å². The van der Waals surface area contributed by atoms with Crippen LogP contribution in [-0.2, 0) is 15.5 Å². The maximum Gasteiger partial charge on any atom is 0.341 e. The number of aliphatic hydroxyl groups excluding tert-OH is 1. The van der Waals surface area contributed by atoms with Gasteiger partial charge >= 0.3 is 11.9 Å². The number of methoxy groups -OCH3 is 1. The number of carbonyl (C=O) groups is 1. The predicted molar refractivity (Wildman–Crippen MR) is 76.3 cm³/mol. The summed E-state index contributed by atoms with van der Waals surface area (Å²) in [4.78, 5) is 11.2. The highest BCUT2D eigenvalue weighted by Gasteiger charge is 2.46. The van der Waals surface area contributed by atoms with E-state index in [1.807, 2.05) is 0 Å². The molecule has 0 amide bonds. The van der Waals surface area contributed by atoms with Crippen molar-refractivity contribution in [3.63, 3.8) is 0 Å². The molecule has 1 atom stereocenters. The standard InChI is InChI=1S/C15H17ClF2O4/c1-21-14(20)13(19)15(17,18)9-6-7-11(16)12(8-9)22-10-4-2-3-5-10/h6-8,10,13,19H,2-5H2,1H3. The second kappa shape index (κ2) is 6.79. The smallest absolute Gasteiger partial charge is 0.341 e. The van der Waals surface area contributed by atoms with Gasteiger partial charge in [-0.25, -0.2) is 4.79 Å². The average molecular weight is 335 g/mol. The minimum Gasteiger partial charge on any atom is -0.489 e. The number of esters is 1. The Bertz CT molecular complexity index is 544. The zero-order valence-corrected chi connectivity index (χ0v) is 12.8. The molecule has 1 aliphatic rings. The van der Waals surface area contributed by atoms with Crippen LogP contribution < -0.4 is 4.74 Å². The quantitative estimate of drug-likeness (QED) is 0.840. The van der Waals surface area contributed by atoms with Crippen molar-refractivity contribution >= 4 is 17.6 Å². The first kappa shape index (κ1) is 17.0. The third kappa shape index (κ3) is 3.50. The molecular formula is C15H17ClF2O4. The lowest BCUT2D eigenvalue weighted by atomic mass is 10.0. The number of hydrogen-bond donors (Lipinski definition) is 1. The Hall–Kier alpha value is -1.40. The summed E-state index contributed by atoms with van der Waals surface area (Å²) in [6, 6.07) is 3.38. The molecule has 0 radical (unpaired) electrons. The van der Waals surface area contributed by atoms with Crippen LogP contribution in [-0.4, -0.2) is 30.4 Å². The summed E-state index contributed by atoms with van der Waals surface area (Å²) in [5.41, 5.74) is -0.553. The Morgan fingerprint density at radius 3 is 2.64 bits per heavy atom. The number of aliphatic hydroxyl groups is 1. The molecule has 1 aliphatic carbocycles. The average Bonchev–Trinajstić information content (AvgIpc) is 3.00. The molecule has 0 heterocycles. The van der Waals surface area contributed by atoms with Crippen molar-refractivity contribution in [2.45, 2.75) is 43.8 Å². The van der Waals surface area contributed by atoms with Gasteiger partial charge in [0.25, 0.3) is 0 Å². The Labute approximate surface area is 132 Å². The van der Waals surface area contributed by atoms with Crippen molar-refractivity contribution in [2.24, 2.45) is 0 Å². The van der Waals surface area contributed by atoms with Crippen molar-refractivity contribution in [1.82, 2.24) is 0 Å². The van der Waals surface area contributed by atoms with Gasteiger partial charge in [-0.15, -0.1) is 0 Å². The second-order valence-electron chi connectivity index (χ2n) is 5.22. The van der Waals surface area contributed by atoms with Crippen molar-refractivity contribution in [3.05, 3.63) is 28.8 Å². The van der Waals surface area contributed by atoms with Gasteiger partial charge in [0.05, 0.1) is 18.2 Å². The normalized spacial score (nSPS) is 17.3. The van der Waals surface area contributed by atoms with Gasteiger partial charge in [0, 0.05) is 5.56 Å². The summed E-state index contributed by atoms with van der Waals surface area (Å²) in [5.74, 6) is -5.08. The molecule has 0 bridgehead atoms. The van der Waals surface area contributed by atoms with Crippen LogP contribution in [0.1, 0.15) is 31.2 Å². The number of ether oxygens (including phenoxy) is 2. The third-order valence-electron chi connectivity index (χ3n) is 3.68. The summed E-state index contributed by atoms with van der Waals surface area (Å²) in [7, 11) is 0.929. The Kier molecular flexibility index (Phi) is 5.24. The van der Waals surface area contributed by atoms with Crippen molar-refractivity contribution in [3.8, 4) is 5.75 Å². The molecule has 2 rings (SSSR count). The first-order chi connectivity index (χ1) is 10.4. The highest BCUT2D eigenvalue weighted by molar-refractivity contribution is 6.32.